The summed E-state index contributed by atoms with van der Waals surface area (Å²) in [6.07, 6.45) is 1.36. The Balaban J connectivity index is 2.46. The Morgan fingerprint density at radius 3 is 2.79 bits per heavy atom. The second-order valence-corrected chi connectivity index (χ2v) is 5.58. The van der Waals surface area contributed by atoms with Gasteiger partial charge in [-0.1, -0.05) is 0 Å². The van der Waals surface area contributed by atoms with Crippen LogP contribution in [0.25, 0.3) is 0 Å². The van der Waals surface area contributed by atoms with E-state index in [2.05, 4.69) is 26.2 Å². The van der Waals surface area contributed by atoms with Crippen LogP contribution < -0.4 is 5.32 Å². The molecule has 0 saturated heterocycles. The summed E-state index contributed by atoms with van der Waals surface area (Å²) < 4.78 is 14.8. The van der Waals surface area contributed by atoms with Crippen molar-refractivity contribution in [3.05, 3.63) is 50.0 Å². The first kappa shape index (κ1) is 14.2. The van der Waals surface area contributed by atoms with Crippen molar-refractivity contribution in [3.8, 4) is 0 Å². The topological polar surface area (TPSA) is 62.2 Å². The summed E-state index contributed by atoms with van der Waals surface area (Å²) in [6, 6.07) is 5.96. The summed E-state index contributed by atoms with van der Waals surface area (Å²) in [5.74, 6) is -1.57. The number of anilines is 2. The van der Waals surface area contributed by atoms with Crippen molar-refractivity contribution in [1.82, 2.24) is 4.98 Å². The first-order valence-corrected chi connectivity index (χ1v) is 6.96. The van der Waals surface area contributed by atoms with E-state index in [1.165, 1.54) is 18.3 Å². The smallest absolute Gasteiger partial charge is 0.337 e. The number of halogens is 3. The monoisotopic (exact) mass is 436 g/mol. The molecule has 1 heterocycles. The number of hydrogen-bond acceptors (Lipinski definition) is 3. The molecule has 0 aliphatic rings. The highest BCUT2D eigenvalue weighted by atomic mass is 127. The molecule has 19 heavy (non-hydrogen) atoms. The number of hydrogen-bond donors (Lipinski definition) is 2. The maximum Gasteiger partial charge on any atom is 0.337 e. The molecule has 2 aromatic rings. The van der Waals surface area contributed by atoms with Gasteiger partial charge >= 0.3 is 5.97 Å². The molecule has 2 N–H and O–H groups in total. The molecule has 0 unspecified atom stereocenters. The fourth-order valence-electron chi connectivity index (χ4n) is 1.46. The zero-order valence-corrected chi connectivity index (χ0v) is 13.1. The van der Waals surface area contributed by atoms with E-state index in [4.69, 9.17) is 5.11 Å². The lowest BCUT2D eigenvalue weighted by atomic mass is 10.2. The van der Waals surface area contributed by atoms with E-state index in [1.54, 1.807) is 12.1 Å². The summed E-state index contributed by atoms with van der Waals surface area (Å²) in [6.45, 7) is 0. The van der Waals surface area contributed by atoms with Crippen molar-refractivity contribution < 1.29 is 14.3 Å². The van der Waals surface area contributed by atoms with Crippen LogP contribution in [-0.2, 0) is 0 Å². The number of carboxylic acid groups (broad SMARTS) is 1. The molecule has 0 atom stereocenters. The van der Waals surface area contributed by atoms with Gasteiger partial charge in [0.1, 0.15) is 10.4 Å². The normalized spacial score (nSPS) is 10.3. The Hall–Kier alpha value is -1.22. The lowest BCUT2D eigenvalue weighted by Gasteiger charge is -2.11. The van der Waals surface area contributed by atoms with Crippen LogP contribution in [-0.4, -0.2) is 16.1 Å². The maximum absolute atomic E-state index is 13.8. The van der Waals surface area contributed by atoms with Gasteiger partial charge in [0.25, 0.3) is 0 Å². The Labute approximate surface area is 130 Å². The van der Waals surface area contributed by atoms with Crippen molar-refractivity contribution in [2.45, 2.75) is 0 Å². The molecule has 0 aliphatic carbocycles. The largest absolute Gasteiger partial charge is 0.478 e. The minimum Gasteiger partial charge on any atom is -0.478 e. The van der Waals surface area contributed by atoms with Gasteiger partial charge in [0, 0.05) is 9.77 Å². The van der Waals surface area contributed by atoms with E-state index < -0.39 is 11.8 Å². The van der Waals surface area contributed by atoms with Crippen molar-refractivity contribution in [2.75, 3.05) is 5.32 Å². The van der Waals surface area contributed by atoms with Crippen molar-refractivity contribution in [3.63, 3.8) is 0 Å². The molecule has 0 aliphatic heterocycles. The fourth-order valence-corrected chi connectivity index (χ4v) is 2.34. The zero-order valence-electron chi connectivity index (χ0n) is 9.32. The number of carboxylic acids is 1. The average Bonchev–Trinajstić information content (AvgIpc) is 2.34. The van der Waals surface area contributed by atoms with Crippen molar-refractivity contribution in [2.24, 2.45) is 0 Å². The maximum atomic E-state index is 13.8. The standard InChI is InChI=1S/C12H7BrFIN2O2/c13-11-10(7(12(18)19)3-4-16-11)17-9-2-1-6(15)5-8(9)14/h1-5,17H,(H,18,19). The van der Waals surface area contributed by atoms with Gasteiger partial charge in [-0.3, -0.25) is 0 Å². The molecular formula is C12H7BrFIN2O2. The molecular weight excluding hydrogens is 430 g/mol. The van der Waals surface area contributed by atoms with Crippen LogP contribution in [0.15, 0.2) is 35.1 Å². The van der Waals surface area contributed by atoms with E-state index in [-0.39, 0.29) is 16.9 Å². The minimum atomic E-state index is -1.11. The van der Waals surface area contributed by atoms with E-state index in [1.807, 2.05) is 22.6 Å². The molecule has 0 radical (unpaired) electrons. The van der Waals surface area contributed by atoms with Crippen LogP contribution >= 0.6 is 38.5 Å². The van der Waals surface area contributed by atoms with Crippen LogP contribution in [0.4, 0.5) is 15.8 Å². The number of aromatic nitrogens is 1. The lowest BCUT2D eigenvalue weighted by Crippen LogP contribution is -2.05. The zero-order chi connectivity index (χ0) is 14.0. The van der Waals surface area contributed by atoms with Gasteiger partial charge in [-0.2, -0.15) is 0 Å². The summed E-state index contributed by atoms with van der Waals surface area (Å²) in [4.78, 5) is 15.1. The van der Waals surface area contributed by atoms with Crippen molar-refractivity contribution >= 4 is 55.9 Å². The van der Waals surface area contributed by atoms with E-state index >= 15 is 0 Å². The van der Waals surface area contributed by atoms with Crippen LogP contribution in [0.3, 0.4) is 0 Å². The third kappa shape index (κ3) is 3.21. The second kappa shape index (κ2) is 5.83. The quantitative estimate of drug-likeness (QED) is 0.563. The van der Waals surface area contributed by atoms with Crippen LogP contribution in [0.2, 0.25) is 0 Å². The highest BCUT2D eigenvalue weighted by molar-refractivity contribution is 14.1. The lowest BCUT2D eigenvalue weighted by molar-refractivity contribution is 0.0698. The number of pyridine rings is 1. The molecule has 98 valence electrons. The minimum absolute atomic E-state index is 0.0137. The average molecular weight is 437 g/mol. The van der Waals surface area contributed by atoms with Gasteiger partial charge in [0.05, 0.1) is 16.9 Å². The first-order chi connectivity index (χ1) is 8.99. The van der Waals surface area contributed by atoms with Gasteiger partial charge < -0.3 is 10.4 Å². The summed E-state index contributed by atoms with van der Waals surface area (Å²) in [5.41, 5.74) is 0.423. The molecule has 1 aromatic carbocycles. The van der Waals surface area contributed by atoms with Gasteiger partial charge in [0.15, 0.2) is 0 Å². The van der Waals surface area contributed by atoms with Crippen LogP contribution in [0, 0.1) is 9.39 Å². The third-order valence-electron chi connectivity index (χ3n) is 2.33. The van der Waals surface area contributed by atoms with Gasteiger partial charge in [-0.25, -0.2) is 14.2 Å². The second-order valence-electron chi connectivity index (χ2n) is 3.58. The molecule has 0 spiro atoms. The Bertz CT molecular complexity index is 652. The molecule has 0 fully saturated rings. The number of rotatable bonds is 3. The molecule has 1 aromatic heterocycles. The molecule has 0 bridgehead atoms. The van der Waals surface area contributed by atoms with Gasteiger partial charge in [-0.15, -0.1) is 0 Å². The summed E-state index contributed by atoms with van der Waals surface area (Å²) in [5, 5.41) is 11.8. The molecule has 7 heteroatoms. The van der Waals surface area contributed by atoms with Crippen LogP contribution in [0.5, 0.6) is 0 Å². The number of benzene rings is 1. The highest BCUT2D eigenvalue weighted by Gasteiger charge is 2.15. The predicted molar refractivity (Wildman–Crippen MR) is 81.3 cm³/mol. The number of nitrogens with one attached hydrogen (secondary N) is 1. The third-order valence-corrected chi connectivity index (χ3v) is 3.60. The number of carbonyl (C=O) groups is 1. The van der Waals surface area contributed by atoms with Gasteiger partial charge in [-0.05, 0) is 62.8 Å². The van der Waals surface area contributed by atoms with Crippen molar-refractivity contribution in [1.29, 1.82) is 0 Å². The van der Waals surface area contributed by atoms with Crippen LogP contribution in [0.1, 0.15) is 10.4 Å². The van der Waals surface area contributed by atoms with Gasteiger partial charge in [0.2, 0.25) is 0 Å². The van der Waals surface area contributed by atoms with E-state index in [0.29, 0.717) is 4.60 Å². The Morgan fingerprint density at radius 1 is 1.42 bits per heavy atom. The molecule has 0 saturated carbocycles. The number of aromatic carboxylic acids is 1. The number of nitrogens with zero attached hydrogens (tertiary/aromatic N) is 1. The first-order valence-electron chi connectivity index (χ1n) is 5.09. The highest BCUT2D eigenvalue weighted by Crippen LogP contribution is 2.29. The fraction of sp³-hybridized carbons (Fsp3) is 0. The summed E-state index contributed by atoms with van der Waals surface area (Å²) >= 11 is 5.14. The Morgan fingerprint density at radius 2 is 2.16 bits per heavy atom. The SMILES string of the molecule is O=C(O)c1ccnc(Br)c1Nc1ccc(I)cc1F. The molecule has 2 rings (SSSR count). The Kier molecular flexibility index (Phi) is 4.35. The molecule has 0 amide bonds. The molecule has 4 nitrogen and oxygen atoms in total. The van der Waals surface area contributed by atoms with E-state index in [9.17, 15) is 9.18 Å². The van der Waals surface area contributed by atoms with E-state index in [0.717, 1.165) is 3.57 Å². The predicted octanol–water partition coefficient (Wildman–Crippen LogP) is 4.03. The summed E-state index contributed by atoms with van der Waals surface area (Å²) in [7, 11) is 0.